The Morgan fingerprint density at radius 3 is 2.89 bits per heavy atom. The van der Waals surface area contributed by atoms with Crippen LogP contribution in [0.3, 0.4) is 0 Å². The predicted octanol–water partition coefficient (Wildman–Crippen LogP) is 3.34. The molecule has 1 aliphatic heterocycles. The minimum absolute atomic E-state index is 0.213. The van der Waals surface area contributed by atoms with Crippen LogP contribution in [-0.4, -0.2) is 36.3 Å². The van der Waals surface area contributed by atoms with Crippen molar-refractivity contribution in [3.05, 3.63) is 59.0 Å². The quantitative estimate of drug-likeness (QED) is 0.488. The third-order valence-electron chi connectivity index (χ3n) is 5.09. The van der Waals surface area contributed by atoms with Crippen LogP contribution in [0.1, 0.15) is 17.0 Å². The van der Waals surface area contributed by atoms with Crippen molar-refractivity contribution in [3.8, 4) is 11.1 Å². The van der Waals surface area contributed by atoms with E-state index in [0.717, 1.165) is 46.7 Å². The molecule has 0 spiro atoms. The highest BCUT2D eigenvalue weighted by molar-refractivity contribution is 6.28. The van der Waals surface area contributed by atoms with E-state index in [4.69, 9.17) is 16.6 Å². The molecule has 5 heterocycles. The van der Waals surface area contributed by atoms with E-state index >= 15 is 0 Å². The Labute approximate surface area is 167 Å². The summed E-state index contributed by atoms with van der Waals surface area (Å²) in [6.07, 6.45) is 6.54. The molecule has 0 amide bonds. The van der Waals surface area contributed by atoms with Gasteiger partial charge in [-0.2, -0.15) is 15.1 Å². The van der Waals surface area contributed by atoms with Crippen LogP contribution in [-0.2, 0) is 20.0 Å². The van der Waals surface area contributed by atoms with Gasteiger partial charge in [0, 0.05) is 62.0 Å². The maximum Gasteiger partial charge on any atom is 0.226 e. The van der Waals surface area contributed by atoms with Gasteiger partial charge in [-0.15, -0.1) is 0 Å². The van der Waals surface area contributed by atoms with Crippen LogP contribution >= 0.6 is 11.6 Å². The van der Waals surface area contributed by atoms with Crippen molar-refractivity contribution in [2.24, 2.45) is 7.05 Å². The number of nitrogens with zero attached hydrogens (tertiary/aromatic N) is 7. The Hall–Kier alpha value is -3.06. The first kappa shape index (κ1) is 17.1. The van der Waals surface area contributed by atoms with Gasteiger partial charge in [0.2, 0.25) is 5.28 Å². The van der Waals surface area contributed by atoms with Crippen LogP contribution in [0.25, 0.3) is 22.2 Å². The Balaban J connectivity index is 1.55. The minimum Gasteiger partial charge on any atom is -0.351 e. The lowest BCUT2D eigenvalue weighted by Crippen LogP contribution is -2.32. The monoisotopic (exact) mass is 391 g/mol. The molecule has 0 fully saturated rings. The van der Waals surface area contributed by atoms with Crippen molar-refractivity contribution in [3.63, 3.8) is 0 Å². The molecule has 8 heteroatoms. The van der Waals surface area contributed by atoms with Crippen molar-refractivity contribution < 1.29 is 0 Å². The third kappa shape index (κ3) is 2.88. The van der Waals surface area contributed by atoms with Crippen LogP contribution in [0, 0.1) is 6.92 Å². The van der Waals surface area contributed by atoms with Crippen molar-refractivity contribution in [2.75, 3.05) is 11.4 Å². The fraction of sp³-hybridized carbons (Fsp3) is 0.250. The first-order valence-electron chi connectivity index (χ1n) is 9.10. The van der Waals surface area contributed by atoms with Gasteiger partial charge in [-0.3, -0.25) is 9.67 Å². The molecule has 0 bridgehead atoms. The van der Waals surface area contributed by atoms with Gasteiger partial charge in [0.05, 0.1) is 11.1 Å². The summed E-state index contributed by atoms with van der Waals surface area (Å²) in [5, 5.41) is 5.56. The fourth-order valence-electron chi connectivity index (χ4n) is 3.80. The number of aromatic nitrogens is 6. The van der Waals surface area contributed by atoms with Crippen molar-refractivity contribution >= 4 is 28.5 Å². The maximum atomic E-state index is 6.16. The topological polar surface area (TPSA) is 72.6 Å². The number of rotatable bonds is 2. The Bertz CT molecular complexity index is 1200. The summed E-state index contributed by atoms with van der Waals surface area (Å²) in [5.74, 6) is 0.816. The van der Waals surface area contributed by atoms with Crippen LogP contribution < -0.4 is 4.90 Å². The largest absolute Gasteiger partial charge is 0.351 e. The van der Waals surface area contributed by atoms with Crippen molar-refractivity contribution in [2.45, 2.75) is 19.9 Å². The van der Waals surface area contributed by atoms with Crippen LogP contribution in [0.5, 0.6) is 0 Å². The summed E-state index contributed by atoms with van der Waals surface area (Å²) in [5.41, 5.74) is 6.12. The molecule has 5 rings (SSSR count). The Morgan fingerprint density at radius 2 is 2.07 bits per heavy atom. The lowest BCUT2D eigenvalue weighted by Gasteiger charge is -2.30. The molecule has 0 N–H and O–H groups in total. The zero-order valence-electron chi connectivity index (χ0n) is 15.6. The molecule has 140 valence electrons. The molecule has 28 heavy (non-hydrogen) atoms. The van der Waals surface area contributed by atoms with E-state index in [1.807, 2.05) is 43.2 Å². The number of aryl methyl sites for hydroxylation is 2. The first-order chi connectivity index (χ1) is 13.6. The average Bonchev–Trinajstić information content (AvgIpc) is 3.04. The van der Waals surface area contributed by atoms with E-state index < -0.39 is 0 Å². The molecule has 0 aliphatic carbocycles. The second kappa shape index (κ2) is 6.53. The van der Waals surface area contributed by atoms with Gasteiger partial charge in [-0.25, -0.2) is 4.98 Å². The van der Waals surface area contributed by atoms with Gasteiger partial charge in [-0.05, 0) is 42.3 Å². The Kier molecular flexibility index (Phi) is 3.98. The zero-order valence-corrected chi connectivity index (χ0v) is 16.3. The van der Waals surface area contributed by atoms with E-state index in [2.05, 4.69) is 31.0 Å². The van der Waals surface area contributed by atoms with E-state index in [1.165, 1.54) is 5.56 Å². The number of halogens is 1. The molecule has 0 aromatic carbocycles. The van der Waals surface area contributed by atoms with Crippen molar-refractivity contribution in [1.29, 1.82) is 0 Å². The normalized spacial score (nSPS) is 13.8. The van der Waals surface area contributed by atoms with Gasteiger partial charge < -0.3 is 4.90 Å². The highest BCUT2D eigenvalue weighted by atomic mass is 35.5. The van der Waals surface area contributed by atoms with E-state index in [9.17, 15) is 0 Å². The number of pyridine rings is 2. The predicted molar refractivity (Wildman–Crippen MR) is 108 cm³/mol. The summed E-state index contributed by atoms with van der Waals surface area (Å²) in [7, 11) is 1.93. The van der Waals surface area contributed by atoms with E-state index in [0.29, 0.717) is 12.2 Å². The summed E-state index contributed by atoms with van der Waals surface area (Å²) in [4.78, 5) is 20.0. The molecule has 0 saturated heterocycles. The second-order valence-corrected chi connectivity index (χ2v) is 7.33. The van der Waals surface area contributed by atoms with Gasteiger partial charge in [0.25, 0.3) is 0 Å². The van der Waals surface area contributed by atoms with Crippen molar-refractivity contribution in [1.82, 2.24) is 29.7 Å². The number of hydrogen-bond donors (Lipinski definition) is 0. The molecule has 0 unspecified atom stereocenters. The lowest BCUT2D eigenvalue weighted by molar-refractivity contribution is 0.705. The molecule has 1 aliphatic rings. The first-order valence-corrected chi connectivity index (χ1v) is 9.48. The summed E-state index contributed by atoms with van der Waals surface area (Å²) in [6, 6.07) is 6.09. The molecule has 4 aromatic rings. The van der Waals surface area contributed by atoms with E-state index in [1.54, 1.807) is 6.20 Å². The van der Waals surface area contributed by atoms with Crippen LogP contribution in [0.2, 0.25) is 5.28 Å². The van der Waals surface area contributed by atoms with Gasteiger partial charge in [0.15, 0.2) is 5.65 Å². The molecular weight excluding hydrogens is 374 g/mol. The molecular formula is C20H18ClN7. The molecule has 0 atom stereocenters. The third-order valence-corrected chi connectivity index (χ3v) is 5.26. The molecule has 0 radical (unpaired) electrons. The highest BCUT2D eigenvalue weighted by Crippen LogP contribution is 2.31. The summed E-state index contributed by atoms with van der Waals surface area (Å²) in [6.45, 7) is 3.55. The average molecular weight is 392 g/mol. The summed E-state index contributed by atoms with van der Waals surface area (Å²) >= 11 is 6.16. The van der Waals surface area contributed by atoms with Crippen LogP contribution in [0.4, 0.5) is 5.82 Å². The van der Waals surface area contributed by atoms with E-state index in [-0.39, 0.29) is 5.28 Å². The SMILES string of the molecule is Cc1nn(C)cc1-c1cnc2c(c1)CN(c1nc(Cl)nc3ncccc13)CC2. The molecule has 4 aromatic heterocycles. The lowest BCUT2D eigenvalue weighted by atomic mass is 10.0. The molecule has 7 nitrogen and oxygen atoms in total. The smallest absolute Gasteiger partial charge is 0.226 e. The Morgan fingerprint density at radius 1 is 1.18 bits per heavy atom. The van der Waals surface area contributed by atoms with Gasteiger partial charge in [0.1, 0.15) is 5.82 Å². The zero-order chi connectivity index (χ0) is 19.3. The second-order valence-electron chi connectivity index (χ2n) is 6.99. The van der Waals surface area contributed by atoms with Gasteiger partial charge >= 0.3 is 0 Å². The minimum atomic E-state index is 0.213. The fourth-order valence-corrected chi connectivity index (χ4v) is 3.96. The standard InChI is InChI=1S/C20H18ClN7/c1-12-16(11-27(2)26-12)13-8-14-10-28(7-5-17(14)23-9-13)19-15-4-3-6-22-18(15)24-20(21)25-19/h3-4,6,8-9,11H,5,7,10H2,1-2H3. The number of anilines is 1. The number of fused-ring (bicyclic) bond motifs is 2. The highest BCUT2D eigenvalue weighted by Gasteiger charge is 2.22. The number of hydrogen-bond acceptors (Lipinski definition) is 6. The summed E-state index contributed by atoms with van der Waals surface area (Å²) < 4.78 is 1.83. The van der Waals surface area contributed by atoms with Gasteiger partial charge in [-0.1, -0.05) is 0 Å². The maximum absolute atomic E-state index is 6.16. The van der Waals surface area contributed by atoms with Crippen LogP contribution in [0.15, 0.2) is 36.8 Å². The molecule has 0 saturated carbocycles.